The maximum absolute atomic E-state index is 11.7. The lowest BCUT2D eigenvalue weighted by molar-refractivity contribution is -0.0425. The highest BCUT2D eigenvalue weighted by Crippen LogP contribution is 2.26. The first-order valence-electron chi connectivity index (χ1n) is 7.41. The molecular formula is C17H14N4O4S. The van der Waals surface area contributed by atoms with Crippen LogP contribution in [0.2, 0.25) is 0 Å². The molecule has 0 aliphatic rings. The lowest BCUT2D eigenvalue weighted by Crippen LogP contribution is -2.01. The maximum atomic E-state index is 11.7. The summed E-state index contributed by atoms with van der Waals surface area (Å²) in [6.07, 6.45) is 3.58. The summed E-state index contributed by atoms with van der Waals surface area (Å²) in [6, 6.07) is 9.82. The fourth-order valence-corrected chi connectivity index (χ4v) is 3.05. The molecule has 132 valence electrons. The minimum absolute atomic E-state index is 0.150. The Kier molecular flexibility index (Phi) is 4.56. The van der Waals surface area contributed by atoms with Gasteiger partial charge in [-0.25, -0.2) is 18.1 Å². The van der Waals surface area contributed by atoms with Gasteiger partial charge in [-0.2, -0.15) is 10.4 Å². The first-order valence-corrected chi connectivity index (χ1v) is 9.30. The van der Waals surface area contributed by atoms with Crippen LogP contribution in [0.5, 0.6) is 0 Å². The molecule has 9 heteroatoms. The van der Waals surface area contributed by atoms with Crippen molar-refractivity contribution in [1.29, 1.82) is 5.26 Å². The van der Waals surface area contributed by atoms with Gasteiger partial charge in [0.15, 0.2) is 21.9 Å². The van der Waals surface area contributed by atoms with Crippen LogP contribution >= 0.6 is 0 Å². The quantitative estimate of drug-likeness (QED) is 0.660. The molecule has 1 aromatic carbocycles. The van der Waals surface area contributed by atoms with Crippen molar-refractivity contribution in [2.24, 2.45) is 0 Å². The van der Waals surface area contributed by atoms with Crippen LogP contribution in [-0.2, 0) is 9.84 Å². The Balaban J connectivity index is 2.07. The first kappa shape index (κ1) is 17.8. The number of rotatable bonds is 4. The number of aliphatic hydroxyl groups is 2. The van der Waals surface area contributed by atoms with Crippen LogP contribution in [0.3, 0.4) is 0 Å². The zero-order valence-corrected chi connectivity index (χ0v) is 14.4. The SMILES string of the molecule is CS(=O)(=O)c1cccc(-c2cnc(-n3cc(C(O)O)cn3)cc2C#N)c1. The highest BCUT2D eigenvalue weighted by Gasteiger charge is 2.13. The molecule has 2 N–H and O–H groups in total. The standard InChI is InChI=1S/C17H14N4O4S/c1-26(24,25)14-4-2-3-11(5-14)15-9-19-16(6-12(15)7-18)21-10-13(8-20-21)17(22)23/h2-6,8-10,17,22-23H,1H3. The van der Waals surface area contributed by atoms with E-state index in [4.69, 9.17) is 10.2 Å². The minimum atomic E-state index is -3.37. The maximum Gasteiger partial charge on any atom is 0.181 e. The smallest absolute Gasteiger partial charge is 0.181 e. The zero-order chi connectivity index (χ0) is 18.9. The average molecular weight is 370 g/mol. The van der Waals surface area contributed by atoms with Gasteiger partial charge in [0.25, 0.3) is 0 Å². The molecule has 2 aromatic heterocycles. The number of hydrogen-bond donors (Lipinski definition) is 2. The van der Waals surface area contributed by atoms with Crippen LogP contribution in [0.25, 0.3) is 16.9 Å². The van der Waals surface area contributed by atoms with Crippen LogP contribution in [0.1, 0.15) is 17.4 Å². The summed E-state index contributed by atoms with van der Waals surface area (Å²) in [5, 5.41) is 31.7. The Bertz CT molecular complexity index is 1110. The summed E-state index contributed by atoms with van der Waals surface area (Å²) in [5.41, 5.74) is 1.50. The van der Waals surface area contributed by atoms with Crippen LogP contribution in [0.15, 0.2) is 53.8 Å². The van der Waals surface area contributed by atoms with Gasteiger partial charge in [-0.3, -0.25) is 0 Å². The lowest BCUT2D eigenvalue weighted by Gasteiger charge is -2.08. The Hall–Kier alpha value is -3.06. The molecule has 0 saturated carbocycles. The molecule has 0 amide bonds. The van der Waals surface area contributed by atoms with Crippen molar-refractivity contribution >= 4 is 9.84 Å². The Morgan fingerprint density at radius 3 is 2.62 bits per heavy atom. The number of benzene rings is 1. The fraction of sp³-hybridized carbons (Fsp3) is 0.118. The second kappa shape index (κ2) is 6.68. The topological polar surface area (TPSA) is 129 Å². The molecule has 26 heavy (non-hydrogen) atoms. The molecule has 8 nitrogen and oxygen atoms in total. The minimum Gasteiger partial charge on any atom is -0.364 e. The number of pyridine rings is 1. The van der Waals surface area contributed by atoms with Crippen LogP contribution in [-0.4, -0.2) is 39.7 Å². The number of aliphatic hydroxyl groups excluding tert-OH is 1. The molecule has 0 fully saturated rings. The predicted molar refractivity (Wildman–Crippen MR) is 91.8 cm³/mol. The van der Waals surface area contributed by atoms with Gasteiger partial charge in [0, 0.05) is 35.8 Å². The summed E-state index contributed by atoms with van der Waals surface area (Å²) in [5.74, 6) is 0.316. The van der Waals surface area contributed by atoms with Crippen LogP contribution in [0.4, 0.5) is 0 Å². The molecule has 3 aromatic rings. The zero-order valence-electron chi connectivity index (χ0n) is 13.6. The third-order valence-electron chi connectivity index (χ3n) is 3.72. The van der Waals surface area contributed by atoms with Gasteiger partial charge in [-0.1, -0.05) is 12.1 Å². The second-order valence-corrected chi connectivity index (χ2v) is 7.61. The number of hydrogen-bond acceptors (Lipinski definition) is 7. The van der Waals surface area contributed by atoms with Crippen molar-refractivity contribution in [1.82, 2.24) is 14.8 Å². The van der Waals surface area contributed by atoms with Crippen molar-refractivity contribution in [2.75, 3.05) is 6.26 Å². The molecular weight excluding hydrogens is 356 g/mol. The monoisotopic (exact) mass is 370 g/mol. The van der Waals surface area contributed by atoms with Crippen molar-refractivity contribution in [3.05, 3.63) is 60.0 Å². The van der Waals surface area contributed by atoms with Crippen LogP contribution in [0, 0.1) is 11.3 Å². The molecule has 2 heterocycles. The molecule has 0 radical (unpaired) electrons. The summed E-state index contributed by atoms with van der Waals surface area (Å²) in [6.45, 7) is 0. The summed E-state index contributed by atoms with van der Waals surface area (Å²) in [4.78, 5) is 4.38. The number of nitrogens with zero attached hydrogens (tertiary/aromatic N) is 4. The van der Waals surface area contributed by atoms with Gasteiger partial charge >= 0.3 is 0 Å². The molecule has 0 bridgehead atoms. The normalized spacial score (nSPS) is 11.5. The Labute approximate surface area is 149 Å². The van der Waals surface area contributed by atoms with E-state index in [0.29, 0.717) is 16.9 Å². The van der Waals surface area contributed by atoms with Gasteiger partial charge in [0.1, 0.15) is 0 Å². The summed E-state index contributed by atoms with van der Waals surface area (Å²) < 4.78 is 24.8. The number of aromatic nitrogens is 3. The van der Waals surface area contributed by atoms with Gasteiger partial charge in [-0.15, -0.1) is 0 Å². The van der Waals surface area contributed by atoms with E-state index in [1.165, 1.54) is 41.5 Å². The van der Waals surface area contributed by atoms with E-state index in [-0.39, 0.29) is 16.0 Å². The molecule has 0 spiro atoms. The highest BCUT2D eigenvalue weighted by molar-refractivity contribution is 7.90. The Morgan fingerprint density at radius 1 is 1.23 bits per heavy atom. The lowest BCUT2D eigenvalue weighted by atomic mass is 10.0. The third kappa shape index (κ3) is 3.48. The van der Waals surface area contributed by atoms with E-state index >= 15 is 0 Å². The van der Waals surface area contributed by atoms with E-state index in [1.807, 2.05) is 0 Å². The highest BCUT2D eigenvalue weighted by atomic mass is 32.2. The number of sulfone groups is 1. The van der Waals surface area contributed by atoms with E-state index in [9.17, 15) is 13.7 Å². The van der Waals surface area contributed by atoms with Gasteiger partial charge in [0.05, 0.1) is 22.7 Å². The van der Waals surface area contributed by atoms with E-state index < -0.39 is 16.1 Å². The fourth-order valence-electron chi connectivity index (χ4n) is 2.38. The van der Waals surface area contributed by atoms with Crippen molar-refractivity contribution in [2.45, 2.75) is 11.2 Å². The van der Waals surface area contributed by atoms with E-state index in [1.54, 1.807) is 12.1 Å². The molecule has 0 unspecified atom stereocenters. The van der Waals surface area contributed by atoms with Crippen LogP contribution < -0.4 is 0 Å². The first-order chi connectivity index (χ1) is 12.3. The van der Waals surface area contributed by atoms with Gasteiger partial charge in [-0.05, 0) is 17.7 Å². The predicted octanol–water partition coefficient (Wildman–Crippen LogP) is 1.19. The largest absolute Gasteiger partial charge is 0.364 e. The van der Waals surface area contributed by atoms with E-state index in [2.05, 4.69) is 16.2 Å². The Morgan fingerprint density at radius 2 is 2.00 bits per heavy atom. The molecule has 3 rings (SSSR count). The van der Waals surface area contributed by atoms with Gasteiger partial charge < -0.3 is 10.2 Å². The summed E-state index contributed by atoms with van der Waals surface area (Å²) in [7, 11) is -3.37. The molecule has 0 atom stereocenters. The van der Waals surface area contributed by atoms with Crippen molar-refractivity contribution < 1.29 is 18.6 Å². The molecule has 0 saturated heterocycles. The van der Waals surface area contributed by atoms with Gasteiger partial charge in [0.2, 0.25) is 0 Å². The van der Waals surface area contributed by atoms with E-state index in [0.717, 1.165) is 6.26 Å². The average Bonchev–Trinajstić information content (AvgIpc) is 3.11. The number of nitriles is 1. The molecule has 0 aliphatic heterocycles. The summed E-state index contributed by atoms with van der Waals surface area (Å²) >= 11 is 0. The third-order valence-corrected chi connectivity index (χ3v) is 4.83. The second-order valence-electron chi connectivity index (χ2n) is 5.59. The van der Waals surface area contributed by atoms with Crippen molar-refractivity contribution in [3.8, 4) is 23.0 Å². The molecule has 0 aliphatic carbocycles. The van der Waals surface area contributed by atoms with Crippen molar-refractivity contribution in [3.63, 3.8) is 0 Å².